The van der Waals surface area contributed by atoms with Gasteiger partial charge in [-0.2, -0.15) is 0 Å². The van der Waals surface area contributed by atoms with E-state index in [9.17, 15) is 0 Å². The number of nitrogens with zero attached hydrogens (tertiary/aromatic N) is 3. The number of nitrogens with one attached hydrogen (secondary N) is 1. The van der Waals surface area contributed by atoms with E-state index in [1.165, 1.54) is 18.4 Å². The van der Waals surface area contributed by atoms with Crippen LogP contribution in [0, 0.1) is 12.8 Å². The Labute approximate surface area is 129 Å². The number of aryl methyl sites for hydroxylation is 1. The van der Waals surface area contributed by atoms with Gasteiger partial charge in [-0.25, -0.2) is 9.97 Å². The first-order valence-electron chi connectivity index (χ1n) is 8.44. The van der Waals surface area contributed by atoms with Gasteiger partial charge in [-0.3, -0.25) is 0 Å². The highest BCUT2D eigenvalue weighted by Gasteiger charge is 2.32. The lowest BCUT2D eigenvalue weighted by molar-refractivity contribution is 0.600. The summed E-state index contributed by atoms with van der Waals surface area (Å²) in [5.74, 6) is 3.77. The van der Waals surface area contributed by atoms with Gasteiger partial charge in [0.25, 0.3) is 0 Å². The largest absolute Gasteiger partial charge is 0.370 e. The molecule has 1 aliphatic carbocycles. The van der Waals surface area contributed by atoms with Crippen LogP contribution in [0.15, 0.2) is 0 Å². The minimum absolute atomic E-state index is 0.650. The summed E-state index contributed by atoms with van der Waals surface area (Å²) in [6, 6.07) is 0.685. The Morgan fingerprint density at radius 3 is 2.48 bits per heavy atom. The summed E-state index contributed by atoms with van der Waals surface area (Å²) in [6.45, 7) is 13.1. The number of rotatable bonds is 8. The summed E-state index contributed by atoms with van der Waals surface area (Å²) in [6.07, 6.45) is 4.59. The maximum atomic E-state index is 4.85. The zero-order chi connectivity index (χ0) is 15.4. The van der Waals surface area contributed by atoms with Crippen molar-refractivity contribution in [1.29, 1.82) is 0 Å². The molecule has 1 fully saturated rings. The Hall–Kier alpha value is -1.32. The standard InChI is InChI=1S/C17H30N4/c1-6-10-18-16-13(5)17(20-15(7-2)19-16)21(11-12(3)4)14-8-9-14/h12,14H,6-11H2,1-5H3,(H,18,19,20). The van der Waals surface area contributed by atoms with Gasteiger partial charge < -0.3 is 10.2 Å². The number of hydrogen-bond acceptors (Lipinski definition) is 4. The van der Waals surface area contributed by atoms with Gasteiger partial charge in [0.2, 0.25) is 0 Å². The highest BCUT2D eigenvalue weighted by atomic mass is 15.3. The van der Waals surface area contributed by atoms with Crippen molar-refractivity contribution in [3.8, 4) is 0 Å². The molecule has 0 aromatic carbocycles. The van der Waals surface area contributed by atoms with Crippen molar-refractivity contribution in [2.75, 3.05) is 23.3 Å². The van der Waals surface area contributed by atoms with Gasteiger partial charge >= 0.3 is 0 Å². The highest BCUT2D eigenvalue weighted by molar-refractivity contribution is 5.59. The average molecular weight is 290 g/mol. The van der Waals surface area contributed by atoms with E-state index in [4.69, 9.17) is 4.98 Å². The van der Waals surface area contributed by atoms with E-state index in [-0.39, 0.29) is 0 Å². The van der Waals surface area contributed by atoms with Crippen LogP contribution in [0.2, 0.25) is 0 Å². The molecule has 1 heterocycles. The van der Waals surface area contributed by atoms with Gasteiger partial charge in [0.05, 0.1) is 0 Å². The van der Waals surface area contributed by atoms with Gasteiger partial charge in [-0.05, 0) is 32.1 Å². The summed E-state index contributed by atoms with van der Waals surface area (Å²) in [5, 5.41) is 3.47. The normalized spacial score (nSPS) is 14.6. The van der Waals surface area contributed by atoms with Gasteiger partial charge in [0.1, 0.15) is 17.5 Å². The monoisotopic (exact) mass is 290 g/mol. The third-order valence-electron chi connectivity index (χ3n) is 3.85. The fourth-order valence-electron chi connectivity index (χ4n) is 2.59. The van der Waals surface area contributed by atoms with E-state index in [0.29, 0.717) is 12.0 Å². The first kappa shape index (κ1) is 16.1. The number of hydrogen-bond donors (Lipinski definition) is 1. The molecule has 0 spiro atoms. The van der Waals surface area contributed by atoms with E-state index in [0.717, 1.165) is 43.4 Å². The lowest BCUT2D eigenvalue weighted by Gasteiger charge is -2.28. The van der Waals surface area contributed by atoms with Crippen molar-refractivity contribution in [1.82, 2.24) is 9.97 Å². The van der Waals surface area contributed by atoms with Crippen molar-refractivity contribution < 1.29 is 0 Å². The van der Waals surface area contributed by atoms with Crippen LogP contribution in [0.4, 0.5) is 11.6 Å². The van der Waals surface area contributed by atoms with Gasteiger partial charge in [0.15, 0.2) is 0 Å². The fourth-order valence-corrected chi connectivity index (χ4v) is 2.59. The second-order valence-corrected chi connectivity index (χ2v) is 6.49. The second kappa shape index (κ2) is 7.10. The molecule has 0 saturated heterocycles. The van der Waals surface area contributed by atoms with Crippen molar-refractivity contribution in [3.63, 3.8) is 0 Å². The van der Waals surface area contributed by atoms with Crippen LogP contribution in [0.1, 0.15) is 58.3 Å². The van der Waals surface area contributed by atoms with Gasteiger partial charge in [0, 0.05) is 31.1 Å². The topological polar surface area (TPSA) is 41.1 Å². The van der Waals surface area contributed by atoms with Crippen molar-refractivity contribution >= 4 is 11.6 Å². The van der Waals surface area contributed by atoms with Crippen LogP contribution in [-0.2, 0) is 6.42 Å². The Bertz CT molecular complexity index is 466. The zero-order valence-corrected chi connectivity index (χ0v) is 14.2. The molecule has 1 aliphatic rings. The molecule has 2 rings (SSSR count). The van der Waals surface area contributed by atoms with Crippen LogP contribution < -0.4 is 10.2 Å². The lowest BCUT2D eigenvalue weighted by Crippen LogP contribution is -2.32. The molecule has 118 valence electrons. The van der Waals surface area contributed by atoms with E-state index in [1.807, 2.05) is 0 Å². The predicted molar refractivity (Wildman–Crippen MR) is 90.1 cm³/mol. The zero-order valence-electron chi connectivity index (χ0n) is 14.2. The molecule has 0 radical (unpaired) electrons. The SMILES string of the molecule is CCCNc1nc(CC)nc(N(CC(C)C)C2CC2)c1C. The highest BCUT2D eigenvalue weighted by Crippen LogP contribution is 2.34. The Kier molecular flexibility index (Phi) is 5.43. The molecular weight excluding hydrogens is 260 g/mol. The van der Waals surface area contributed by atoms with Crippen molar-refractivity contribution in [3.05, 3.63) is 11.4 Å². The molecule has 1 N–H and O–H groups in total. The average Bonchev–Trinajstić information content (AvgIpc) is 3.28. The molecule has 0 bridgehead atoms. The summed E-state index contributed by atoms with van der Waals surface area (Å²) in [4.78, 5) is 12.0. The van der Waals surface area contributed by atoms with Crippen LogP contribution in [0.3, 0.4) is 0 Å². The Balaban J connectivity index is 2.34. The maximum Gasteiger partial charge on any atom is 0.137 e. The van der Waals surface area contributed by atoms with Crippen LogP contribution in [0.25, 0.3) is 0 Å². The Morgan fingerprint density at radius 1 is 1.24 bits per heavy atom. The molecule has 4 heteroatoms. The van der Waals surface area contributed by atoms with E-state index >= 15 is 0 Å². The molecule has 0 unspecified atom stereocenters. The molecule has 1 saturated carbocycles. The summed E-state index contributed by atoms with van der Waals surface area (Å²) in [7, 11) is 0. The minimum Gasteiger partial charge on any atom is -0.370 e. The second-order valence-electron chi connectivity index (χ2n) is 6.49. The third kappa shape index (κ3) is 4.08. The van der Waals surface area contributed by atoms with Crippen LogP contribution in [-0.4, -0.2) is 29.1 Å². The quantitative estimate of drug-likeness (QED) is 0.791. The maximum absolute atomic E-state index is 4.85. The third-order valence-corrected chi connectivity index (χ3v) is 3.85. The van der Waals surface area contributed by atoms with E-state index in [1.54, 1.807) is 0 Å². The lowest BCUT2D eigenvalue weighted by atomic mass is 10.2. The van der Waals surface area contributed by atoms with Crippen molar-refractivity contribution in [2.24, 2.45) is 5.92 Å². The van der Waals surface area contributed by atoms with Crippen LogP contribution >= 0.6 is 0 Å². The molecule has 0 atom stereocenters. The molecule has 1 aromatic heterocycles. The Morgan fingerprint density at radius 2 is 1.95 bits per heavy atom. The number of aromatic nitrogens is 2. The minimum atomic E-state index is 0.650. The van der Waals surface area contributed by atoms with E-state index < -0.39 is 0 Å². The summed E-state index contributed by atoms with van der Waals surface area (Å²) in [5.41, 5.74) is 1.20. The number of anilines is 2. The molecule has 0 amide bonds. The fraction of sp³-hybridized carbons (Fsp3) is 0.765. The summed E-state index contributed by atoms with van der Waals surface area (Å²) < 4.78 is 0. The van der Waals surface area contributed by atoms with Gasteiger partial charge in [-0.1, -0.05) is 27.7 Å². The first-order chi connectivity index (χ1) is 10.1. The van der Waals surface area contributed by atoms with Crippen molar-refractivity contribution in [2.45, 2.75) is 66.3 Å². The predicted octanol–water partition coefficient (Wildman–Crippen LogP) is 3.79. The smallest absolute Gasteiger partial charge is 0.137 e. The molecule has 0 aliphatic heterocycles. The molecule has 1 aromatic rings. The molecule has 4 nitrogen and oxygen atoms in total. The summed E-state index contributed by atoms with van der Waals surface area (Å²) >= 11 is 0. The molecular formula is C17H30N4. The van der Waals surface area contributed by atoms with Gasteiger partial charge in [-0.15, -0.1) is 0 Å². The van der Waals surface area contributed by atoms with Crippen LogP contribution in [0.5, 0.6) is 0 Å². The molecule has 21 heavy (non-hydrogen) atoms. The first-order valence-corrected chi connectivity index (χ1v) is 8.44. The van der Waals surface area contributed by atoms with E-state index in [2.05, 4.69) is 49.8 Å².